The van der Waals surface area contributed by atoms with E-state index >= 15 is 0 Å². The molecule has 0 radical (unpaired) electrons. The number of thiophene rings is 1. The first-order chi connectivity index (χ1) is 9.10. The summed E-state index contributed by atoms with van der Waals surface area (Å²) in [5.74, 6) is 0.808. The van der Waals surface area contributed by atoms with Crippen molar-refractivity contribution in [2.75, 3.05) is 24.7 Å². The molecule has 0 unspecified atom stereocenters. The maximum absolute atomic E-state index is 9.23. The smallest absolute Gasteiger partial charge is 0.230 e. The molecule has 0 atom stereocenters. The monoisotopic (exact) mass is 272 g/mol. The van der Waals surface area contributed by atoms with Gasteiger partial charge in [-0.3, -0.25) is 0 Å². The molecule has 2 heterocycles. The van der Waals surface area contributed by atoms with Gasteiger partial charge in [-0.1, -0.05) is 6.07 Å². The van der Waals surface area contributed by atoms with Crippen LogP contribution in [-0.2, 0) is 0 Å². The number of rotatable bonds is 3. The molecule has 19 heavy (non-hydrogen) atoms. The average molecular weight is 272 g/mol. The lowest BCUT2D eigenvalue weighted by molar-refractivity contribution is 0.952. The summed E-state index contributed by atoms with van der Waals surface area (Å²) in [6.45, 7) is 0. The van der Waals surface area contributed by atoms with Crippen LogP contribution in [0.2, 0.25) is 0 Å². The summed E-state index contributed by atoms with van der Waals surface area (Å²) in [6.07, 6.45) is 1.74. The minimum atomic E-state index is 0.0982. The van der Waals surface area contributed by atoms with Crippen LogP contribution in [0.1, 0.15) is 10.7 Å². The van der Waals surface area contributed by atoms with Crippen molar-refractivity contribution >= 4 is 34.9 Å². The Balaban J connectivity index is 2.47. The Bertz CT molecular complexity index is 639. The van der Waals surface area contributed by atoms with Crippen molar-refractivity contribution in [3.8, 4) is 6.07 Å². The SMILES string of the molecule is CN(C)c1nc(N)nc(C(C#N)=Cc2cccs2)n1. The van der Waals surface area contributed by atoms with Crippen LogP contribution in [0.3, 0.4) is 0 Å². The van der Waals surface area contributed by atoms with Gasteiger partial charge in [0.1, 0.15) is 6.07 Å². The highest BCUT2D eigenvalue weighted by molar-refractivity contribution is 7.10. The molecule has 0 aliphatic rings. The summed E-state index contributed by atoms with van der Waals surface area (Å²) in [6, 6.07) is 5.92. The molecule has 0 amide bonds. The summed E-state index contributed by atoms with van der Waals surface area (Å²) < 4.78 is 0. The quantitative estimate of drug-likeness (QED) is 0.854. The first kappa shape index (κ1) is 13.0. The molecule has 0 spiro atoms. The van der Waals surface area contributed by atoms with Crippen LogP contribution in [0, 0.1) is 11.3 Å². The van der Waals surface area contributed by atoms with Gasteiger partial charge in [-0.2, -0.15) is 20.2 Å². The molecule has 6 nitrogen and oxygen atoms in total. The van der Waals surface area contributed by atoms with Crippen LogP contribution in [0.15, 0.2) is 17.5 Å². The zero-order chi connectivity index (χ0) is 13.8. The van der Waals surface area contributed by atoms with Crippen molar-refractivity contribution in [3.05, 3.63) is 28.2 Å². The topological polar surface area (TPSA) is 91.7 Å². The molecule has 2 rings (SSSR count). The third kappa shape index (κ3) is 3.05. The highest BCUT2D eigenvalue weighted by Gasteiger charge is 2.10. The van der Waals surface area contributed by atoms with E-state index in [2.05, 4.69) is 21.0 Å². The fourth-order valence-corrected chi connectivity index (χ4v) is 2.02. The Morgan fingerprint density at radius 3 is 2.79 bits per heavy atom. The lowest BCUT2D eigenvalue weighted by atomic mass is 10.2. The second kappa shape index (κ2) is 5.46. The molecule has 2 aromatic rings. The first-order valence-corrected chi connectivity index (χ1v) is 6.32. The van der Waals surface area contributed by atoms with Crippen LogP contribution in [0.5, 0.6) is 0 Å². The molecule has 0 aliphatic carbocycles. The lowest BCUT2D eigenvalue weighted by Crippen LogP contribution is -2.15. The molecular formula is C12H12N6S. The van der Waals surface area contributed by atoms with E-state index in [1.54, 1.807) is 25.1 Å². The van der Waals surface area contributed by atoms with Gasteiger partial charge in [-0.25, -0.2) is 0 Å². The minimum absolute atomic E-state index is 0.0982. The number of nitrogens with zero attached hydrogens (tertiary/aromatic N) is 5. The number of nitriles is 1. The van der Waals surface area contributed by atoms with Gasteiger partial charge in [0, 0.05) is 19.0 Å². The third-order valence-corrected chi connectivity index (χ3v) is 3.05. The Labute approximate surface area is 114 Å². The molecule has 0 bridgehead atoms. The molecule has 96 valence electrons. The second-order valence-corrected chi connectivity index (χ2v) is 4.88. The Morgan fingerprint density at radius 2 is 2.21 bits per heavy atom. The second-order valence-electron chi connectivity index (χ2n) is 3.90. The standard InChI is InChI=1S/C12H12N6S/c1-18(2)12-16-10(15-11(14)17-12)8(7-13)6-9-4-3-5-19-9/h3-6H,1-2H3,(H2,14,15,16,17). The highest BCUT2D eigenvalue weighted by atomic mass is 32.1. The van der Waals surface area contributed by atoms with E-state index in [1.807, 2.05) is 17.5 Å². The number of aromatic nitrogens is 3. The van der Waals surface area contributed by atoms with Gasteiger partial charge in [-0.05, 0) is 17.5 Å². The zero-order valence-electron chi connectivity index (χ0n) is 10.5. The first-order valence-electron chi connectivity index (χ1n) is 5.44. The van der Waals surface area contributed by atoms with Crippen LogP contribution in [0.4, 0.5) is 11.9 Å². The molecule has 2 N–H and O–H groups in total. The van der Waals surface area contributed by atoms with Crippen molar-refractivity contribution in [3.63, 3.8) is 0 Å². The maximum atomic E-state index is 9.23. The Kier molecular flexibility index (Phi) is 3.73. The lowest BCUT2D eigenvalue weighted by Gasteiger charge is -2.10. The fourth-order valence-electron chi connectivity index (χ4n) is 1.36. The number of nitrogen functional groups attached to an aromatic ring is 1. The normalized spacial score (nSPS) is 11.1. The molecule has 0 fully saturated rings. The van der Waals surface area contributed by atoms with Crippen LogP contribution in [0.25, 0.3) is 11.6 Å². The van der Waals surface area contributed by atoms with Crippen LogP contribution < -0.4 is 10.6 Å². The minimum Gasteiger partial charge on any atom is -0.368 e. The van der Waals surface area contributed by atoms with Gasteiger partial charge >= 0.3 is 0 Å². The van der Waals surface area contributed by atoms with E-state index in [9.17, 15) is 5.26 Å². The van der Waals surface area contributed by atoms with Crippen molar-refractivity contribution in [1.82, 2.24) is 15.0 Å². The van der Waals surface area contributed by atoms with E-state index < -0.39 is 0 Å². The average Bonchev–Trinajstić information content (AvgIpc) is 2.88. The van der Waals surface area contributed by atoms with E-state index in [0.717, 1.165) is 4.88 Å². The predicted octanol–water partition coefficient (Wildman–Crippen LogP) is 1.65. The van der Waals surface area contributed by atoms with Crippen molar-refractivity contribution in [1.29, 1.82) is 5.26 Å². The third-order valence-electron chi connectivity index (χ3n) is 2.23. The highest BCUT2D eigenvalue weighted by Crippen LogP contribution is 2.19. The molecule has 0 saturated carbocycles. The summed E-state index contributed by atoms with van der Waals surface area (Å²) in [5, 5.41) is 11.2. The number of hydrogen-bond acceptors (Lipinski definition) is 7. The van der Waals surface area contributed by atoms with Gasteiger partial charge < -0.3 is 10.6 Å². The number of anilines is 2. The number of nitrogens with two attached hydrogens (primary N) is 1. The van der Waals surface area contributed by atoms with Crippen molar-refractivity contribution < 1.29 is 0 Å². The van der Waals surface area contributed by atoms with E-state index in [0.29, 0.717) is 11.5 Å². The molecule has 0 aliphatic heterocycles. The summed E-state index contributed by atoms with van der Waals surface area (Å²) in [7, 11) is 3.60. The number of hydrogen-bond donors (Lipinski definition) is 1. The van der Waals surface area contributed by atoms with E-state index in [-0.39, 0.29) is 11.8 Å². The number of allylic oxidation sites excluding steroid dienone is 1. The predicted molar refractivity (Wildman–Crippen MR) is 76.4 cm³/mol. The van der Waals surface area contributed by atoms with Crippen molar-refractivity contribution in [2.45, 2.75) is 0 Å². The van der Waals surface area contributed by atoms with Gasteiger partial charge in [-0.15, -0.1) is 11.3 Å². The summed E-state index contributed by atoms with van der Waals surface area (Å²) in [5.41, 5.74) is 6.00. The molecule has 2 aromatic heterocycles. The van der Waals surface area contributed by atoms with Gasteiger partial charge in [0.05, 0.1) is 5.57 Å². The fraction of sp³-hybridized carbons (Fsp3) is 0.167. The Morgan fingerprint density at radius 1 is 1.42 bits per heavy atom. The molecule has 0 aromatic carbocycles. The van der Waals surface area contributed by atoms with E-state index in [4.69, 9.17) is 5.73 Å². The van der Waals surface area contributed by atoms with E-state index in [1.165, 1.54) is 11.3 Å². The molecule has 7 heteroatoms. The van der Waals surface area contributed by atoms with Gasteiger partial charge in [0.15, 0.2) is 5.82 Å². The Hall–Kier alpha value is -2.46. The van der Waals surface area contributed by atoms with Crippen LogP contribution >= 0.6 is 11.3 Å². The molecular weight excluding hydrogens is 260 g/mol. The van der Waals surface area contributed by atoms with Gasteiger partial charge in [0.2, 0.25) is 11.9 Å². The van der Waals surface area contributed by atoms with Crippen LogP contribution in [-0.4, -0.2) is 29.0 Å². The maximum Gasteiger partial charge on any atom is 0.230 e. The zero-order valence-corrected chi connectivity index (χ0v) is 11.3. The molecule has 0 saturated heterocycles. The van der Waals surface area contributed by atoms with Crippen molar-refractivity contribution in [2.24, 2.45) is 0 Å². The van der Waals surface area contributed by atoms with Gasteiger partial charge in [0.25, 0.3) is 0 Å². The largest absolute Gasteiger partial charge is 0.368 e. The summed E-state index contributed by atoms with van der Waals surface area (Å²) >= 11 is 1.54. The summed E-state index contributed by atoms with van der Waals surface area (Å²) in [4.78, 5) is 14.9.